The Morgan fingerprint density at radius 3 is 2.89 bits per heavy atom. The Hall–Kier alpha value is -1.00. The molecule has 1 atom stereocenters. The number of carbonyl (C=O) groups is 1. The Kier molecular flexibility index (Phi) is 5.55. The summed E-state index contributed by atoms with van der Waals surface area (Å²) in [7, 11) is 0. The fourth-order valence-electron chi connectivity index (χ4n) is 2.01. The van der Waals surface area contributed by atoms with Crippen molar-refractivity contribution < 1.29 is 4.79 Å². The molecule has 18 heavy (non-hydrogen) atoms. The molecule has 0 saturated carbocycles. The predicted molar refractivity (Wildman–Crippen MR) is 76.6 cm³/mol. The van der Waals surface area contributed by atoms with Crippen molar-refractivity contribution in [1.29, 1.82) is 0 Å². The van der Waals surface area contributed by atoms with Crippen LogP contribution in [0.1, 0.15) is 18.4 Å². The van der Waals surface area contributed by atoms with Crippen molar-refractivity contribution in [2.45, 2.75) is 24.6 Å². The molecule has 1 aromatic carbocycles. The van der Waals surface area contributed by atoms with E-state index in [9.17, 15) is 4.79 Å². The van der Waals surface area contributed by atoms with Crippen molar-refractivity contribution >= 4 is 17.7 Å². The Morgan fingerprint density at radius 2 is 2.17 bits per heavy atom. The van der Waals surface area contributed by atoms with Gasteiger partial charge in [-0.05, 0) is 24.2 Å². The molecule has 1 aliphatic rings. The van der Waals surface area contributed by atoms with Crippen LogP contribution in [0.4, 0.5) is 0 Å². The molecule has 0 spiro atoms. The third-order valence-electron chi connectivity index (χ3n) is 3.01. The van der Waals surface area contributed by atoms with Crippen LogP contribution in [0.5, 0.6) is 0 Å². The minimum absolute atomic E-state index is 0.0712. The van der Waals surface area contributed by atoms with Gasteiger partial charge in [-0.15, -0.1) is 0 Å². The lowest BCUT2D eigenvalue weighted by Crippen LogP contribution is -2.35. The summed E-state index contributed by atoms with van der Waals surface area (Å²) in [6.45, 7) is 1.98. The van der Waals surface area contributed by atoms with Crippen LogP contribution in [0, 0.1) is 0 Å². The number of rotatable bonds is 6. The molecule has 0 aliphatic carbocycles. The first-order chi connectivity index (χ1) is 8.84. The lowest BCUT2D eigenvalue weighted by molar-refractivity contribution is -0.120. The van der Waals surface area contributed by atoms with Gasteiger partial charge in [-0.3, -0.25) is 4.79 Å². The van der Waals surface area contributed by atoms with E-state index in [0.29, 0.717) is 18.3 Å². The molecule has 1 fully saturated rings. The van der Waals surface area contributed by atoms with Crippen LogP contribution in [0.25, 0.3) is 0 Å². The number of amides is 1. The van der Waals surface area contributed by atoms with Crippen LogP contribution < -0.4 is 10.6 Å². The summed E-state index contributed by atoms with van der Waals surface area (Å²) in [5.74, 6) is 1.34. The molecule has 3 nitrogen and oxygen atoms in total. The summed E-state index contributed by atoms with van der Waals surface area (Å²) >= 11 is 2.01. The van der Waals surface area contributed by atoms with Gasteiger partial charge < -0.3 is 10.6 Å². The zero-order valence-corrected chi connectivity index (χ0v) is 11.3. The second-order valence-corrected chi connectivity index (χ2v) is 5.94. The molecule has 1 aliphatic heterocycles. The zero-order valence-electron chi connectivity index (χ0n) is 10.5. The molecule has 98 valence electrons. The molecule has 4 heteroatoms. The van der Waals surface area contributed by atoms with E-state index in [1.165, 1.54) is 18.6 Å². The Labute approximate surface area is 113 Å². The highest BCUT2D eigenvalue weighted by Gasteiger charge is 2.14. The molecule has 1 aromatic rings. The number of nitrogens with one attached hydrogen (secondary N) is 2. The van der Waals surface area contributed by atoms with Gasteiger partial charge in [0.1, 0.15) is 0 Å². The lowest BCUT2D eigenvalue weighted by atomic mass is 10.2. The standard InChI is InChI=1S/C14H20N2OS/c17-14(11-15-10-13-7-4-8-18-13)16-9-12-5-2-1-3-6-12/h1-3,5-6,13,15H,4,7-11H2,(H,16,17). The topological polar surface area (TPSA) is 41.1 Å². The molecule has 2 N–H and O–H groups in total. The van der Waals surface area contributed by atoms with Gasteiger partial charge in [0.2, 0.25) is 5.91 Å². The molecule has 2 rings (SSSR count). The molecule has 0 bridgehead atoms. The summed E-state index contributed by atoms with van der Waals surface area (Å²) in [5, 5.41) is 6.85. The number of thioether (sulfide) groups is 1. The average molecular weight is 264 g/mol. The first-order valence-electron chi connectivity index (χ1n) is 6.47. The van der Waals surface area contributed by atoms with Crippen LogP contribution in [-0.2, 0) is 11.3 Å². The van der Waals surface area contributed by atoms with Crippen molar-refractivity contribution in [2.24, 2.45) is 0 Å². The summed E-state index contributed by atoms with van der Waals surface area (Å²) in [6.07, 6.45) is 2.60. The second kappa shape index (κ2) is 7.44. The molecule has 0 aromatic heterocycles. The quantitative estimate of drug-likeness (QED) is 0.823. The van der Waals surface area contributed by atoms with Crippen molar-refractivity contribution in [2.75, 3.05) is 18.8 Å². The zero-order chi connectivity index (χ0) is 12.6. The van der Waals surface area contributed by atoms with Crippen LogP contribution in [0.3, 0.4) is 0 Å². The maximum absolute atomic E-state index is 11.6. The largest absolute Gasteiger partial charge is 0.351 e. The van der Waals surface area contributed by atoms with Gasteiger partial charge in [0.05, 0.1) is 6.54 Å². The first-order valence-corrected chi connectivity index (χ1v) is 7.52. The van der Waals surface area contributed by atoms with E-state index >= 15 is 0 Å². The monoisotopic (exact) mass is 264 g/mol. The van der Waals surface area contributed by atoms with E-state index in [0.717, 1.165) is 12.1 Å². The highest BCUT2D eigenvalue weighted by molar-refractivity contribution is 8.00. The maximum Gasteiger partial charge on any atom is 0.234 e. The summed E-state index contributed by atoms with van der Waals surface area (Å²) < 4.78 is 0. The van der Waals surface area contributed by atoms with E-state index in [4.69, 9.17) is 0 Å². The van der Waals surface area contributed by atoms with Gasteiger partial charge in [-0.25, -0.2) is 0 Å². The fraction of sp³-hybridized carbons (Fsp3) is 0.500. The van der Waals surface area contributed by atoms with Crippen LogP contribution in [0.15, 0.2) is 30.3 Å². The molecule has 1 heterocycles. The highest BCUT2D eigenvalue weighted by Crippen LogP contribution is 2.24. The van der Waals surface area contributed by atoms with Gasteiger partial charge in [-0.1, -0.05) is 30.3 Å². The van der Waals surface area contributed by atoms with Gasteiger partial charge in [0.15, 0.2) is 0 Å². The molecule has 1 amide bonds. The van der Waals surface area contributed by atoms with E-state index in [-0.39, 0.29) is 5.91 Å². The smallest absolute Gasteiger partial charge is 0.234 e. The van der Waals surface area contributed by atoms with E-state index < -0.39 is 0 Å². The van der Waals surface area contributed by atoms with Gasteiger partial charge in [0, 0.05) is 18.3 Å². The van der Waals surface area contributed by atoms with E-state index in [1.54, 1.807) is 0 Å². The minimum Gasteiger partial charge on any atom is -0.351 e. The SMILES string of the molecule is O=C(CNCC1CCCS1)NCc1ccccc1. The molecule has 1 saturated heterocycles. The summed E-state index contributed by atoms with van der Waals surface area (Å²) in [5.41, 5.74) is 1.14. The minimum atomic E-state index is 0.0712. The number of hydrogen-bond donors (Lipinski definition) is 2. The number of benzene rings is 1. The fourth-order valence-corrected chi connectivity index (χ4v) is 3.25. The van der Waals surface area contributed by atoms with Gasteiger partial charge in [-0.2, -0.15) is 11.8 Å². The maximum atomic E-state index is 11.6. The molecule has 1 unspecified atom stereocenters. The van der Waals surface area contributed by atoms with Crippen molar-refractivity contribution in [3.8, 4) is 0 Å². The highest BCUT2D eigenvalue weighted by atomic mass is 32.2. The third-order valence-corrected chi connectivity index (χ3v) is 4.41. The van der Waals surface area contributed by atoms with Crippen LogP contribution in [0.2, 0.25) is 0 Å². The third kappa shape index (κ3) is 4.70. The van der Waals surface area contributed by atoms with Gasteiger partial charge >= 0.3 is 0 Å². The lowest BCUT2D eigenvalue weighted by Gasteiger charge is -2.10. The summed E-state index contributed by atoms with van der Waals surface area (Å²) in [6, 6.07) is 9.98. The Balaban J connectivity index is 1.57. The van der Waals surface area contributed by atoms with Crippen LogP contribution >= 0.6 is 11.8 Å². The number of hydrogen-bond acceptors (Lipinski definition) is 3. The van der Waals surface area contributed by atoms with E-state index in [1.807, 2.05) is 42.1 Å². The predicted octanol–water partition coefficient (Wildman–Crippen LogP) is 1.79. The Bertz CT molecular complexity index is 363. The van der Waals surface area contributed by atoms with Crippen LogP contribution in [-0.4, -0.2) is 30.0 Å². The van der Waals surface area contributed by atoms with Crippen molar-refractivity contribution in [1.82, 2.24) is 10.6 Å². The molecule has 0 radical (unpaired) electrons. The molecular formula is C14H20N2OS. The number of carbonyl (C=O) groups excluding carboxylic acids is 1. The van der Waals surface area contributed by atoms with Crippen molar-refractivity contribution in [3.05, 3.63) is 35.9 Å². The van der Waals surface area contributed by atoms with E-state index in [2.05, 4.69) is 10.6 Å². The average Bonchev–Trinajstić information content (AvgIpc) is 2.91. The Morgan fingerprint density at radius 1 is 1.33 bits per heavy atom. The molecular weight excluding hydrogens is 244 g/mol. The summed E-state index contributed by atoms with van der Waals surface area (Å²) in [4.78, 5) is 11.6. The van der Waals surface area contributed by atoms with Crippen molar-refractivity contribution in [3.63, 3.8) is 0 Å². The second-order valence-electron chi connectivity index (χ2n) is 4.53. The normalized spacial score (nSPS) is 18.8. The van der Waals surface area contributed by atoms with Gasteiger partial charge in [0.25, 0.3) is 0 Å². The first kappa shape index (κ1) is 13.4.